The van der Waals surface area contributed by atoms with Crippen LogP contribution in [0, 0.1) is 0 Å². The molecule has 1 aromatic carbocycles. The van der Waals surface area contributed by atoms with E-state index in [0.29, 0.717) is 17.8 Å². The van der Waals surface area contributed by atoms with E-state index in [1.165, 1.54) is 0 Å². The van der Waals surface area contributed by atoms with Gasteiger partial charge in [-0.05, 0) is 6.07 Å². The van der Waals surface area contributed by atoms with Gasteiger partial charge in [-0.15, -0.1) is 0 Å². The lowest BCUT2D eigenvalue weighted by Crippen LogP contribution is -2.00. The summed E-state index contributed by atoms with van der Waals surface area (Å²) < 4.78 is 0. The summed E-state index contributed by atoms with van der Waals surface area (Å²) in [6, 6.07) is 7.22. The van der Waals surface area contributed by atoms with Crippen LogP contribution in [0.4, 0.5) is 5.69 Å². The van der Waals surface area contributed by atoms with Crippen LogP contribution in [-0.2, 0) is 9.59 Å². The Bertz CT molecular complexity index is 701. The quantitative estimate of drug-likeness (QED) is 0.532. The van der Waals surface area contributed by atoms with E-state index in [4.69, 9.17) is 21.1 Å². The fourth-order valence-electron chi connectivity index (χ4n) is 1.47. The first-order valence-corrected chi connectivity index (χ1v) is 5.56. The lowest BCUT2D eigenvalue weighted by Gasteiger charge is -1.90. The predicted molar refractivity (Wildman–Crippen MR) is 74.1 cm³/mol. The second-order valence-electron chi connectivity index (χ2n) is 3.77. The van der Waals surface area contributed by atoms with Gasteiger partial charge in [-0.1, -0.05) is 18.2 Å². The highest BCUT2D eigenvalue weighted by atomic mass is 16.4. The molecule has 0 bridgehead atoms. The number of aromatic amines is 1. The Labute approximate surface area is 118 Å². The average Bonchev–Trinajstić information content (AvgIpc) is 2.75. The maximum absolute atomic E-state index is 10.7. The number of nitrogens with one attached hydrogen (secondary N) is 1. The highest BCUT2D eigenvalue weighted by Gasteiger charge is 2.13. The average molecular weight is 292 g/mol. The molecule has 0 aliphatic heterocycles. The first kappa shape index (κ1) is 15.8. The van der Waals surface area contributed by atoms with E-state index in [9.17, 15) is 14.4 Å². The molecule has 6 N–H and O–H groups in total. The molecule has 0 aliphatic rings. The van der Waals surface area contributed by atoms with Crippen LogP contribution in [0.3, 0.4) is 0 Å². The Morgan fingerprint density at radius 2 is 1.52 bits per heavy atom. The van der Waals surface area contributed by atoms with Crippen LogP contribution in [0.2, 0.25) is 0 Å². The molecule has 0 saturated carbocycles. The van der Waals surface area contributed by atoms with E-state index >= 15 is 0 Å². The predicted octanol–water partition coefficient (Wildman–Crippen LogP) is 1.16. The summed E-state index contributed by atoms with van der Waals surface area (Å²) in [5, 5.41) is 25.1. The maximum atomic E-state index is 10.7. The van der Waals surface area contributed by atoms with Crippen molar-refractivity contribution >= 4 is 34.5 Å². The smallest absolute Gasteiger partial charge is 0.354 e. The molecule has 0 unspecified atom stereocenters. The number of benzene rings is 1. The van der Waals surface area contributed by atoms with Gasteiger partial charge in [-0.3, -0.25) is 0 Å². The normalized spacial score (nSPS) is 10.1. The third-order valence-corrected chi connectivity index (χ3v) is 2.33. The molecule has 0 spiro atoms. The van der Waals surface area contributed by atoms with Gasteiger partial charge in [0.2, 0.25) is 0 Å². The molecule has 1 heterocycles. The highest BCUT2D eigenvalue weighted by Crippen LogP contribution is 2.23. The molecule has 0 aliphatic carbocycles. The molecule has 21 heavy (non-hydrogen) atoms. The van der Waals surface area contributed by atoms with Crippen molar-refractivity contribution in [3.63, 3.8) is 0 Å². The SMILES string of the molecule is Nc1c(C(=O)O)[nH]c2ccccc12.O=C(O)C=CC(=O)O. The van der Waals surface area contributed by atoms with Gasteiger partial charge < -0.3 is 26.0 Å². The van der Waals surface area contributed by atoms with Gasteiger partial charge in [0.25, 0.3) is 0 Å². The van der Waals surface area contributed by atoms with Crippen LogP contribution in [0.15, 0.2) is 36.4 Å². The molecule has 0 atom stereocenters. The number of anilines is 1. The van der Waals surface area contributed by atoms with Crippen LogP contribution in [-0.4, -0.2) is 38.2 Å². The first-order chi connectivity index (χ1) is 9.82. The van der Waals surface area contributed by atoms with Crippen molar-refractivity contribution in [1.29, 1.82) is 0 Å². The Morgan fingerprint density at radius 3 is 1.95 bits per heavy atom. The summed E-state index contributed by atoms with van der Waals surface area (Å²) in [6.45, 7) is 0. The largest absolute Gasteiger partial charge is 0.478 e. The van der Waals surface area contributed by atoms with Crippen LogP contribution in [0.25, 0.3) is 10.9 Å². The Kier molecular flexibility index (Phi) is 5.07. The number of aromatic nitrogens is 1. The zero-order valence-electron chi connectivity index (χ0n) is 10.6. The number of aliphatic carboxylic acids is 2. The number of carboxylic acid groups (broad SMARTS) is 3. The number of nitrogens with two attached hydrogens (primary N) is 1. The van der Waals surface area contributed by atoms with Gasteiger partial charge in [0.15, 0.2) is 0 Å². The molecule has 2 rings (SSSR count). The molecule has 0 radical (unpaired) electrons. The number of rotatable bonds is 3. The number of hydrogen-bond donors (Lipinski definition) is 5. The van der Waals surface area contributed by atoms with Crippen molar-refractivity contribution in [2.75, 3.05) is 5.73 Å². The number of nitrogen functional groups attached to an aromatic ring is 1. The van der Waals surface area contributed by atoms with Crippen molar-refractivity contribution in [3.8, 4) is 0 Å². The van der Waals surface area contributed by atoms with E-state index < -0.39 is 17.9 Å². The molecular weight excluding hydrogens is 280 g/mol. The molecule has 8 heteroatoms. The highest BCUT2D eigenvalue weighted by molar-refractivity contribution is 6.04. The number of carbonyl (C=O) groups is 3. The molecular formula is C13H12N2O6. The van der Waals surface area contributed by atoms with Crippen molar-refractivity contribution in [2.24, 2.45) is 0 Å². The maximum Gasteiger partial charge on any atom is 0.354 e. The molecule has 1 aromatic heterocycles. The van der Waals surface area contributed by atoms with E-state index in [1.54, 1.807) is 12.1 Å². The standard InChI is InChI=1S/C9H8N2O2.C4H4O4/c10-7-5-3-1-2-4-6(5)11-8(7)9(12)13;5-3(6)1-2-4(7)8/h1-4,11H,10H2,(H,12,13);1-2H,(H,5,6)(H,7,8). The van der Waals surface area contributed by atoms with Crippen molar-refractivity contribution in [3.05, 3.63) is 42.1 Å². The molecule has 0 saturated heterocycles. The third-order valence-electron chi connectivity index (χ3n) is 2.33. The van der Waals surface area contributed by atoms with E-state index in [1.807, 2.05) is 12.1 Å². The molecule has 110 valence electrons. The summed E-state index contributed by atoms with van der Waals surface area (Å²) in [5.74, 6) is -3.55. The van der Waals surface area contributed by atoms with Crippen molar-refractivity contribution < 1.29 is 29.7 Å². The number of fused-ring (bicyclic) bond motifs is 1. The monoisotopic (exact) mass is 292 g/mol. The van der Waals surface area contributed by atoms with Gasteiger partial charge in [0.05, 0.1) is 5.69 Å². The van der Waals surface area contributed by atoms with Crippen LogP contribution >= 0.6 is 0 Å². The Morgan fingerprint density at radius 1 is 1.00 bits per heavy atom. The summed E-state index contributed by atoms with van der Waals surface area (Å²) in [4.78, 5) is 32.5. The van der Waals surface area contributed by atoms with Crippen LogP contribution in [0.5, 0.6) is 0 Å². The lowest BCUT2D eigenvalue weighted by atomic mass is 10.2. The topological polar surface area (TPSA) is 154 Å². The Balaban J connectivity index is 0.000000240. The number of para-hydroxylation sites is 1. The summed E-state index contributed by atoms with van der Waals surface area (Å²) in [7, 11) is 0. The minimum Gasteiger partial charge on any atom is -0.478 e. The van der Waals surface area contributed by atoms with Crippen LogP contribution in [0.1, 0.15) is 10.5 Å². The van der Waals surface area contributed by atoms with E-state index in [2.05, 4.69) is 4.98 Å². The molecule has 8 nitrogen and oxygen atoms in total. The van der Waals surface area contributed by atoms with Gasteiger partial charge >= 0.3 is 17.9 Å². The summed E-state index contributed by atoms with van der Waals surface area (Å²) in [5.41, 5.74) is 6.73. The first-order valence-electron chi connectivity index (χ1n) is 5.56. The fourth-order valence-corrected chi connectivity index (χ4v) is 1.47. The lowest BCUT2D eigenvalue weighted by molar-refractivity contribution is -0.134. The third kappa shape index (κ3) is 4.39. The van der Waals surface area contributed by atoms with E-state index in [0.717, 1.165) is 10.9 Å². The summed E-state index contributed by atoms with van der Waals surface area (Å²) in [6.07, 6.45) is 1.12. The fraction of sp³-hybridized carbons (Fsp3) is 0. The number of carboxylic acids is 3. The van der Waals surface area contributed by atoms with Crippen LogP contribution < -0.4 is 5.73 Å². The van der Waals surface area contributed by atoms with Gasteiger partial charge in [-0.25, -0.2) is 14.4 Å². The van der Waals surface area contributed by atoms with Crippen molar-refractivity contribution in [1.82, 2.24) is 4.98 Å². The minimum atomic E-state index is -1.26. The zero-order valence-corrected chi connectivity index (χ0v) is 10.6. The molecule has 2 aromatic rings. The molecule has 0 amide bonds. The number of aromatic carboxylic acids is 1. The van der Waals surface area contributed by atoms with Gasteiger partial charge in [0, 0.05) is 23.1 Å². The second kappa shape index (κ2) is 6.75. The number of H-pyrrole nitrogens is 1. The second-order valence-corrected chi connectivity index (χ2v) is 3.77. The molecule has 0 fully saturated rings. The minimum absolute atomic E-state index is 0.0567. The van der Waals surface area contributed by atoms with Gasteiger partial charge in [-0.2, -0.15) is 0 Å². The van der Waals surface area contributed by atoms with E-state index in [-0.39, 0.29) is 5.69 Å². The Hall–Kier alpha value is -3.29. The van der Waals surface area contributed by atoms with Crippen molar-refractivity contribution in [2.45, 2.75) is 0 Å². The summed E-state index contributed by atoms with van der Waals surface area (Å²) >= 11 is 0. The van der Waals surface area contributed by atoms with Gasteiger partial charge in [0.1, 0.15) is 5.69 Å². The number of hydrogen-bond acceptors (Lipinski definition) is 4. The zero-order chi connectivity index (χ0) is 16.0.